The summed E-state index contributed by atoms with van der Waals surface area (Å²) in [4.78, 5) is 4.07. The summed E-state index contributed by atoms with van der Waals surface area (Å²) in [5.41, 5.74) is -0.637. The van der Waals surface area contributed by atoms with Crippen molar-refractivity contribution in [3.63, 3.8) is 0 Å². The zero-order valence-corrected chi connectivity index (χ0v) is 6.07. The number of hydrogen-bond donors (Lipinski definition) is 1. The predicted octanol–water partition coefficient (Wildman–Crippen LogP) is 1.88. The fourth-order valence-electron chi connectivity index (χ4n) is 0.0726. The molecule has 0 saturated carbocycles. The lowest BCUT2D eigenvalue weighted by Gasteiger charge is -2.22. The zero-order chi connectivity index (χ0) is 6.78. The van der Waals surface area contributed by atoms with Gasteiger partial charge < -0.3 is 0 Å². The van der Waals surface area contributed by atoms with Gasteiger partial charge in [-0.2, -0.15) is 0 Å². The van der Waals surface area contributed by atoms with Gasteiger partial charge in [0.15, 0.2) is 0 Å². The highest BCUT2D eigenvalue weighted by Crippen LogP contribution is 2.17. The van der Waals surface area contributed by atoms with E-state index in [9.17, 15) is 0 Å². The molecule has 0 heterocycles. The van der Waals surface area contributed by atoms with Crippen molar-refractivity contribution in [1.82, 2.24) is 0 Å². The van der Waals surface area contributed by atoms with E-state index in [1.54, 1.807) is 20.8 Å². The van der Waals surface area contributed by atoms with Gasteiger partial charge in [-0.3, -0.25) is 5.26 Å². The summed E-state index contributed by atoms with van der Waals surface area (Å²) in [7, 11) is 0. The first-order valence-electron chi connectivity index (χ1n) is 2.47. The molecule has 0 aromatic rings. The molecule has 2 nitrogen and oxygen atoms in total. The van der Waals surface area contributed by atoms with Crippen molar-refractivity contribution < 1.29 is 10.1 Å². The average Bonchev–Trinajstić information content (AvgIpc) is 1.67. The normalized spacial score (nSPS) is 16.1. The van der Waals surface area contributed by atoms with Crippen LogP contribution in [-0.2, 0) is 4.89 Å². The lowest BCUT2D eigenvalue weighted by atomic mass is 10.1. The topological polar surface area (TPSA) is 29.5 Å². The van der Waals surface area contributed by atoms with Crippen LogP contribution in [0.15, 0.2) is 0 Å². The van der Waals surface area contributed by atoms with Crippen molar-refractivity contribution >= 4 is 11.6 Å². The summed E-state index contributed by atoms with van der Waals surface area (Å²) in [5, 5.41) is 7.99. The molecule has 0 fully saturated rings. The van der Waals surface area contributed by atoms with Crippen LogP contribution in [0.4, 0.5) is 0 Å². The molecule has 3 heteroatoms. The van der Waals surface area contributed by atoms with Gasteiger partial charge in [0.2, 0.25) is 0 Å². The van der Waals surface area contributed by atoms with Gasteiger partial charge >= 0.3 is 0 Å². The third-order valence-electron chi connectivity index (χ3n) is 1.19. The fourth-order valence-corrected chi connectivity index (χ4v) is 0.112. The van der Waals surface area contributed by atoms with Crippen LogP contribution >= 0.6 is 11.6 Å². The van der Waals surface area contributed by atoms with E-state index in [1.807, 2.05) is 0 Å². The van der Waals surface area contributed by atoms with Crippen molar-refractivity contribution in [3.8, 4) is 0 Å². The van der Waals surface area contributed by atoms with Crippen molar-refractivity contribution in [2.75, 3.05) is 0 Å². The summed E-state index contributed by atoms with van der Waals surface area (Å²) in [6.07, 6.45) is 0. The minimum absolute atomic E-state index is 0.188. The molecule has 1 unspecified atom stereocenters. The molecular weight excluding hydrogens is 128 g/mol. The zero-order valence-electron chi connectivity index (χ0n) is 5.31. The first-order valence-corrected chi connectivity index (χ1v) is 2.91. The Labute approximate surface area is 54.3 Å². The van der Waals surface area contributed by atoms with Crippen LogP contribution in [0.5, 0.6) is 0 Å². The van der Waals surface area contributed by atoms with E-state index in [0.29, 0.717) is 0 Å². The van der Waals surface area contributed by atoms with Gasteiger partial charge in [0.05, 0.1) is 5.38 Å². The maximum Gasteiger partial charge on any atom is 0.114 e. The molecule has 8 heavy (non-hydrogen) atoms. The summed E-state index contributed by atoms with van der Waals surface area (Å²) in [5.74, 6) is 0. The Hall–Kier alpha value is 0.210. The maximum absolute atomic E-state index is 8.18. The third kappa shape index (κ3) is 1.99. The molecule has 0 aromatic carbocycles. The largest absolute Gasteiger partial charge is 0.251 e. The van der Waals surface area contributed by atoms with Crippen LogP contribution in [0, 0.1) is 0 Å². The van der Waals surface area contributed by atoms with Crippen molar-refractivity contribution in [1.29, 1.82) is 0 Å². The molecule has 0 rings (SSSR count). The molecule has 0 spiro atoms. The smallest absolute Gasteiger partial charge is 0.114 e. The van der Waals surface area contributed by atoms with E-state index >= 15 is 0 Å². The maximum atomic E-state index is 8.18. The molecule has 0 saturated heterocycles. The molecule has 1 atom stereocenters. The molecule has 0 aliphatic carbocycles. The Kier molecular flexibility index (Phi) is 2.74. The van der Waals surface area contributed by atoms with Crippen LogP contribution < -0.4 is 0 Å². The highest BCUT2D eigenvalue weighted by Gasteiger charge is 2.24. The quantitative estimate of drug-likeness (QED) is 0.359. The van der Waals surface area contributed by atoms with E-state index in [2.05, 4.69) is 4.89 Å². The highest BCUT2D eigenvalue weighted by molar-refractivity contribution is 6.21. The second-order valence-corrected chi connectivity index (χ2v) is 2.97. The first-order chi connectivity index (χ1) is 3.50. The molecule has 50 valence electrons. The molecule has 0 aromatic heterocycles. The lowest BCUT2D eigenvalue weighted by Crippen LogP contribution is -2.32. The first kappa shape index (κ1) is 8.21. The van der Waals surface area contributed by atoms with Gasteiger partial charge in [0.25, 0.3) is 0 Å². The minimum atomic E-state index is -0.637. The number of rotatable bonds is 2. The summed E-state index contributed by atoms with van der Waals surface area (Å²) >= 11 is 5.58. The van der Waals surface area contributed by atoms with Crippen LogP contribution in [0.3, 0.4) is 0 Å². The van der Waals surface area contributed by atoms with Gasteiger partial charge in [-0.1, -0.05) is 0 Å². The van der Waals surface area contributed by atoms with Gasteiger partial charge in [-0.25, -0.2) is 4.89 Å². The van der Waals surface area contributed by atoms with E-state index in [1.165, 1.54) is 0 Å². The molecule has 0 bridgehead atoms. The summed E-state index contributed by atoms with van der Waals surface area (Å²) in [6, 6.07) is 0. The van der Waals surface area contributed by atoms with Gasteiger partial charge in [-0.15, -0.1) is 11.6 Å². The van der Waals surface area contributed by atoms with Crippen molar-refractivity contribution in [2.45, 2.75) is 31.7 Å². The van der Waals surface area contributed by atoms with Crippen LogP contribution in [0.25, 0.3) is 0 Å². The van der Waals surface area contributed by atoms with Gasteiger partial charge in [-0.05, 0) is 20.8 Å². The molecule has 0 aliphatic heterocycles. The number of halogens is 1. The molecule has 0 aliphatic rings. The highest BCUT2D eigenvalue weighted by atomic mass is 35.5. The average molecular weight is 139 g/mol. The van der Waals surface area contributed by atoms with Gasteiger partial charge in [0.1, 0.15) is 5.60 Å². The van der Waals surface area contributed by atoms with Crippen molar-refractivity contribution in [2.24, 2.45) is 0 Å². The van der Waals surface area contributed by atoms with E-state index < -0.39 is 5.60 Å². The van der Waals surface area contributed by atoms with Crippen LogP contribution in [-0.4, -0.2) is 16.2 Å². The standard InChI is InChI=1S/C5H11ClO2/c1-4(6)5(2,3)8-7/h4,7H,1-3H3. The predicted molar refractivity (Wildman–Crippen MR) is 33.1 cm³/mol. The molecule has 0 radical (unpaired) electrons. The van der Waals surface area contributed by atoms with Crippen LogP contribution in [0.2, 0.25) is 0 Å². The Morgan fingerprint density at radius 2 is 2.00 bits per heavy atom. The Morgan fingerprint density at radius 1 is 1.62 bits per heavy atom. The third-order valence-corrected chi connectivity index (χ3v) is 1.72. The molecule has 0 amide bonds. The van der Waals surface area contributed by atoms with E-state index in [0.717, 1.165) is 0 Å². The summed E-state index contributed by atoms with van der Waals surface area (Å²) < 4.78 is 0. The van der Waals surface area contributed by atoms with E-state index in [-0.39, 0.29) is 5.38 Å². The second-order valence-electron chi connectivity index (χ2n) is 2.31. The van der Waals surface area contributed by atoms with E-state index in [4.69, 9.17) is 16.9 Å². The summed E-state index contributed by atoms with van der Waals surface area (Å²) in [6.45, 7) is 5.19. The number of hydrogen-bond acceptors (Lipinski definition) is 2. The Bertz CT molecular complexity index is 70.8. The Morgan fingerprint density at radius 3 is 2.00 bits per heavy atom. The fraction of sp³-hybridized carbons (Fsp3) is 1.00. The molecule has 1 N–H and O–H groups in total. The minimum Gasteiger partial charge on any atom is -0.251 e. The second kappa shape index (κ2) is 2.67. The monoisotopic (exact) mass is 138 g/mol. The van der Waals surface area contributed by atoms with Crippen molar-refractivity contribution in [3.05, 3.63) is 0 Å². The van der Waals surface area contributed by atoms with Crippen LogP contribution in [0.1, 0.15) is 20.8 Å². The molecular formula is C5H11ClO2. The number of alkyl halides is 1. The SMILES string of the molecule is CC(Cl)C(C)(C)OO. The lowest BCUT2D eigenvalue weighted by molar-refractivity contribution is -0.311. The van der Waals surface area contributed by atoms with Gasteiger partial charge in [0, 0.05) is 0 Å². The Balaban J connectivity index is 3.71.